The van der Waals surface area contributed by atoms with E-state index in [1.807, 2.05) is 0 Å². The van der Waals surface area contributed by atoms with Crippen LogP contribution in [0.2, 0.25) is 0 Å². The predicted octanol–water partition coefficient (Wildman–Crippen LogP) is 0.629. The van der Waals surface area contributed by atoms with Crippen molar-refractivity contribution < 1.29 is 23.9 Å². The van der Waals surface area contributed by atoms with Crippen molar-refractivity contribution >= 4 is 13.6 Å². The van der Waals surface area contributed by atoms with E-state index in [1.54, 1.807) is 0 Å². The molecule has 0 aromatic carbocycles. The topological polar surface area (TPSA) is 83.8 Å². The number of esters is 1. The highest BCUT2D eigenvalue weighted by Gasteiger charge is 2.29. The van der Waals surface area contributed by atoms with Crippen molar-refractivity contribution in [3.05, 3.63) is 12.7 Å². The van der Waals surface area contributed by atoms with Crippen molar-refractivity contribution in [3.8, 4) is 0 Å². The molecule has 12 heavy (non-hydrogen) atoms. The fourth-order valence-corrected chi connectivity index (χ4v) is 1.29. The number of rotatable bonds is 4. The molecule has 0 aromatic rings. The molecule has 0 radical (unpaired) electrons. The van der Waals surface area contributed by atoms with Crippen molar-refractivity contribution in [2.45, 2.75) is 19.2 Å². The zero-order valence-electron chi connectivity index (χ0n) is 6.64. The first-order chi connectivity index (χ1) is 5.41. The lowest BCUT2D eigenvalue weighted by Gasteiger charge is -2.15. The Bertz CT molecular complexity index is 218. The second kappa shape index (κ2) is 4.40. The average Bonchev–Trinajstić information content (AvgIpc) is 1.97. The third-order valence-electron chi connectivity index (χ3n) is 1.14. The summed E-state index contributed by atoms with van der Waals surface area (Å²) >= 11 is 0. The van der Waals surface area contributed by atoms with Crippen LogP contribution in [-0.4, -0.2) is 21.6 Å². The van der Waals surface area contributed by atoms with Crippen LogP contribution in [0.15, 0.2) is 12.7 Å². The van der Waals surface area contributed by atoms with Gasteiger partial charge in [0.1, 0.15) is 0 Å². The van der Waals surface area contributed by atoms with Gasteiger partial charge in [0, 0.05) is 6.08 Å². The zero-order chi connectivity index (χ0) is 9.78. The van der Waals surface area contributed by atoms with E-state index < -0.39 is 19.4 Å². The number of hydrogen-bond acceptors (Lipinski definition) is 3. The highest BCUT2D eigenvalue weighted by Crippen LogP contribution is 2.43. The lowest BCUT2D eigenvalue weighted by molar-refractivity contribution is -0.140. The van der Waals surface area contributed by atoms with Crippen LogP contribution in [0, 0.1) is 0 Å². The molecular formula is C6H11O5P. The summed E-state index contributed by atoms with van der Waals surface area (Å²) in [6, 6.07) is 0. The summed E-state index contributed by atoms with van der Waals surface area (Å²) in [5.74, 6) is -2.19. The number of ether oxygens (including phenoxy) is 1. The van der Waals surface area contributed by atoms with Crippen molar-refractivity contribution in [2.75, 3.05) is 0 Å². The molecule has 0 heterocycles. The van der Waals surface area contributed by atoms with Gasteiger partial charge in [-0.05, 0) is 6.42 Å². The Morgan fingerprint density at radius 2 is 2.25 bits per heavy atom. The van der Waals surface area contributed by atoms with Crippen LogP contribution in [-0.2, 0) is 14.1 Å². The van der Waals surface area contributed by atoms with E-state index in [0.29, 0.717) is 0 Å². The van der Waals surface area contributed by atoms with E-state index in [0.717, 1.165) is 6.08 Å². The van der Waals surface area contributed by atoms with E-state index in [-0.39, 0.29) is 6.42 Å². The van der Waals surface area contributed by atoms with Gasteiger partial charge in [0.25, 0.3) is 0 Å². The summed E-state index contributed by atoms with van der Waals surface area (Å²) in [4.78, 5) is 27.8. The van der Waals surface area contributed by atoms with Crippen LogP contribution in [0.5, 0.6) is 0 Å². The summed E-state index contributed by atoms with van der Waals surface area (Å²) in [5, 5.41) is 0. The van der Waals surface area contributed by atoms with E-state index in [1.165, 1.54) is 6.92 Å². The molecule has 0 rings (SSSR count). The summed E-state index contributed by atoms with van der Waals surface area (Å²) in [5.41, 5.74) is 0. The minimum absolute atomic E-state index is 0.0733. The molecule has 1 unspecified atom stereocenters. The smallest absolute Gasteiger partial charge is 0.365 e. The highest BCUT2D eigenvalue weighted by atomic mass is 31.2. The van der Waals surface area contributed by atoms with Gasteiger partial charge in [-0.15, -0.1) is 0 Å². The van der Waals surface area contributed by atoms with Crippen molar-refractivity contribution in [3.63, 3.8) is 0 Å². The molecule has 0 amide bonds. The molecule has 0 saturated carbocycles. The lowest BCUT2D eigenvalue weighted by Crippen LogP contribution is -2.15. The van der Waals surface area contributed by atoms with Crippen molar-refractivity contribution in [2.24, 2.45) is 0 Å². The number of carbonyl (C=O) groups excluding carboxylic acids is 1. The van der Waals surface area contributed by atoms with Gasteiger partial charge in [0.2, 0.25) is 5.85 Å². The molecule has 0 aromatic heterocycles. The van der Waals surface area contributed by atoms with Gasteiger partial charge in [-0.25, -0.2) is 4.79 Å². The maximum Gasteiger partial charge on any atom is 0.365 e. The van der Waals surface area contributed by atoms with Gasteiger partial charge < -0.3 is 14.5 Å². The Labute approximate surface area is 70.2 Å². The molecule has 0 saturated heterocycles. The van der Waals surface area contributed by atoms with Gasteiger partial charge in [0.15, 0.2) is 0 Å². The lowest BCUT2D eigenvalue weighted by atomic mass is 10.5. The van der Waals surface area contributed by atoms with Crippen LogP contribution < -0.4 is 0 Å². The van der Waals surface area contributed by atoms with Crippen molar-refractivity contribution in [1.29, 1.82) is 0 Å². The fourth-order valence-electron chi connectivity index (χ4n) is 0.572. The van der Waals surface area contributed by atoms with E-state index in [2.05, 4.69) is 11.3 Å². The first-order valence-corrected chi connectivity index (χ1v) is 4.98. The Kier molecular flexibility index (Phi) is 4.17. The van der Waals surface area contributed by atoms with Gasteiger partial charge in [-0.1, -0.05) is 13.5 Å². The van der Waals surface area contributed by atoms with E-state index in [9.17, 15) is 9.36 Å². The molecule has 0 spiro atoms. The molecule has 0 aliphatic heterocycles. The zero-order valence-corrected chi connectivity index (χ0v) is 7.53. The van der Waals surface area contributed by atoms with Crippen LogP contribution in [0.1, 0.15) is 13.3 Å². The summed E-state index contributed by atoms with van der Waals surface area (Å²) < 4.78 is 15.0. The monoisotopic (exact) mass is 194 g/mol. The van der Waals surface area contributed by atoms with Crippen LogP contribution in [0.25, 0.3) is 0 Å². The molecule has 0 aliphatic rings. The molecule has 5 nitrogen and oxygen atoms in total. The summed E-state index contributed by atoms with van der Waals surface area (Å²) in [6.07, 6.45) is 0.933. The fraction of sp³-hybridized carbons (Fsp3) is 0.500. The van der Waals surface area contributed by atoms with Gasteiger partial charge in [-0.3, -0.25) is 4.57 Å². The van der Waals surface area contributed by atoms with Crippen LogP contribution >= 0.6 is 7.60 Å². The third-order valence-corrected chi connectivity index (χ3v) is 2.36. The molecular weight excluding hydrogens is 183 g/mol. The first kappa shape index (κ1) is 11.4. The highest BCUT2D eigenvalue weighted by molar-refractivity contribution is 7.52. The minimum Gasteiger partial charge on any atom is -0.446 e. The van der Waals surface area contributed by atoms with E-state index >= 15 is 0 Å². The quantitative estimate of drug-likeness (QED) is 0.389. The Hall–Kier alpha value is -0.640. The van der Waals surface area contributed by atoms with Crippen molar-refractivity contribution in [1.82, 2.24) is 0 Å². The largest absolute Gasteiger partial charge is 0.446 e. The molecule has 1 atom stereocenters. The number of hydrogen-bond donors (Lipinski definition) is 2. The van der Waals surface area contributed by atoms with Gasteiger partial charge in [0.05, 0.1) is 0 Å². The van der Waals surface area contributed by atoms with Gasteiger partial charge >= 0.3 is 13.6 Å². The molecule has 0 bridgehead atoms. The SMILES string of the molecule is C=CC(=O)OC(CC)P(=O)(O)O. The Morgan fingerprint density at radius 3 is 2.50 bits per heavy atom. The molecule has 0 fully saturated rings. The average molecular weight is 194 g/mol. The third kappa shape index (κ3) is 3.67. The second-order valence-electron chi connectivity index (χ2n) is 2.09. The van der Waals surface area contributed by atoms with Crippen LogP contribution in [0.4, 0.5) is 0 Å². The second-order valence-corrected chi connectivity index (χ2v) is 3.85. The Balaban J connectivity index is 4.29. The maximum atomic E-state index is 10.6. The normalized spacial score (nSPS) is 13.6. The molecule has 6 heteroatoms. The van der Waals surface area contributed by atoms with Crippen LogP contribution in [0.3, 0.4) is 0 Å². The summed E-state index contributed by atoms with van der Waals surface area (Å²) in [6.45, 7) is 4.62. The molecule has 2 N–H and O–H groups in total. The molecule has 70 valence electrons. The Morgan fingerprint density at radius 1 is 1.75 bits per heavy atom. The molecule has 0 aliphatic carbocycles. The summed E-state index contributed by atoms with van der Waals surface area (Å²) in [7, 11) is -4.33. The standard InChI is InChI=1S/C6H11O5P/c1-3-5(7)11-6(4-2)12(8,9)10/h3,6H,1,4H2,2H3,(H2,8,9,10). The number of carbonyl (C=O) groups is 1. The minimum atomic E-state index is -4.33. The maximum absolute atomic E-state index is 10.6. The predicted molar refractivity (Wildman–Crippen MR) is 42.4 cm³/mol. The van der Waals surface area contributed by atoms with Gasteiger partial charge in [-0.2, -0.15) is 0 Å². The van der Waals surface area contributed by atoms with E-state index in [4.69, 9.17) is 9.79 Å². The first-order valence-electron chi connectivity index (χ1n) is 3.30.